The highest BCUT2D eigenvalue weighted by Crippen LogP contribution is 2.28. The van der Waals surface area contributed by atoms with E-state index < -0.39 is 6.17 Å². The van der Waals surface area contributed by atoms with Gasteiger partial charge in [0.2, 0.25) is 0 Å². The predicted octanol–water partition coefficient (Wildman–Crippen LogP) is 4.26. The second kappa shape index (κ2) is 8.33. The Labute approximate surface area is 153 Å². The fourth-order valence-electron chi connectivity index (χ4n) is 3.16. The molecule has 2 aromatic carbocycles. The first-order valence-corrected chi connectivity index (χ1v) is 8.93. The molecule has 0 saturated carbocycles. The lowest BCUT2D eigenvalue weighted by molar-refractivity contribution is 0.323. The van der Waals surface area contributed by atoms with Crippen LogP contribution in [0.3, 0.4) is 0 Å². The molecule has 0 aromatic heterocycles. The van der Waals surface area contributed by atoms with Crippen LogP contribution in [0.4, 0.5) is 10.1 Å². The highest BCUT2D eigenvalue weighted by Gasteiger charge is 2.15. The molecular formula is C20H21ClFN3. The number of anilines is 1. The van der Waals surface area contributed by atoms with Gasteiger partial charge < -0.3 is 10.2 Å². The third-order valence-electron chi connectivity index (χ3n) is 4.57. The van der Waals surface area contributed by atoms with Gasteiger partial charge in [-0.15, -0.1) is 0 Å². The predicted molar refractivity (Wildman–Crippen MR) is 99.9 cm³/mol. The Morgan fingerprint density at radius 2 is 2.00 bits per heavy atom. The number of hydrogen-bond donors (Lipinski definition) is 1. The minimum atomic E-state index is -1.05. The molecule has 1 unspecified atom stereocenters. The number of nitriles is 1. The van der Waals surface area contributed by atoms with E-state index in [1.807, 2.05) is 30.3 Å². The quantitative estimate of drug-likeness (QED) is 0.868. The van der Waals surface area contributed by atoms with Gasteiger partial charge in [0.05, 0.1) is 11.6 Å². The number of nitrogens with zero attached hydrogens (tertiary/aromatic N) is 2. The van der Waals surface area contributed by atoms with Crippen LogP contribution < -0.4 is 10.2 Å². The van der Waals surface area contributed by atoms with Crippen molar-refractivity contribution in [2.75, 3.05) is 31.1 Å². The van der Waals surface area contributed by atoms with Crippen LogP contribution in [0.1, 0.15) is 29.3 Å². The number of nitrogens with one attached hydrogen (secondary N) is 1. The first-order valence-electron chi connectivity index (χ1n) is 8.55. The summed E-state index contributed by atoms with van der Waals surface area (Å²) in [5.41, 5.74) is 3.14. The van der Waals surface area contributed by atoms with Crippen molar-refractivity contribution in [2.24, 2.45) is 0 Å². The molecule has 0 spiro atoms. The second-order valence-corrected chi connectivity index (χ2v) is 6.69. The SMILES string of the molecule is N#Cc1cc(Cl)ccc1CCC(F)c1cccc(N2CCNCC2)c1. The van der Waals surface area contributed by atoms with Crippen LogP contribution in [-0.4, -0.2) is 26.2 Å². The van der Waals surface area contributed by atoms with E-state index in [1.54, 1.807) is 12.1 Å². The van der Waals surface area contributed by atoms with Crippen molar-refractivity contribution in [3.63, 3.8) is 0 Å². The van der Waals surface area contributed by atoms with Crippen molar-refractivity contribution in [2.45, 2.75) is 19.0 Å². The lowest BCUT2D eigenvalue weighted by Gasteiger charge is -2.30. The van der Waals surface area contributed by atoms with E-state index in [9.17, 15) is 9.65 Å². The number of halogens is 2. The van der Waals surface area contributed by atoms with Crippen LogP contribution in [-0.2, 0) is 6.42 Å². The van der Waals surface area contributed by atoms with Gasteiger partial charge in [0.25, 0.3) is 0 Å². The van der Waals surface area contributed by atoms with Crippen LogP contribution in [0.5, 0.6) is 0 Å². The van der Waals surface area contributed by atoms with Gasteiger partial charge in [-0.1, -0.05) is 29.8 Å². The molecule has 2 aromatic rings. The number of alkyl halides is 1. The van der Waals surface area contributed by atoms with Crippen LogP contribution in [0.25, 0.3) is 0 Å². The van der Waals surface area contributed by atoms with Crippen molar-refractivity contribution in [1.82, 2.24) is 5.32 Å². The number of piperazine rings is 1. The molecule has 1 fully saturated rings. The van der Waals surface area contributed by atoms with E-state index in [0.717, 1.165) is 37.4 Å². The molecule has 1 aliphatic rings. The van der Waals surface area contributed by atoms with E-state index in [1.165, 1.54) is 0 Å². The molecule has 1 heterocycles. The number of benzene rings is 2. The topological polar surface area (TPSA) is 39.1 Å². The fourth-order valence-corrected chi connectivity index (χ4v) is 3.33. The van der Waals surface area contributed by atoms with E-state index in [2.05, 4.69) is 16.3 Å². The molecule has 1 atom stereocenters. The van der Waals surface area contributed by atoms with Crippen molar-refractivity contribution in [1.29, 1.82) is 5.26 Å². The number of hydrogen-bond acceptors (Lipinski definition) is 3. The molecule has 0 bridgehead atoms. The van der Waals surface area contributed by atoms with Crippen molar-refractivity contribution in [3.8, 4) is 6.07 Å². The minimum absolute atomic E-state index is 0.349. The molecule has 1 saturated heterocycles. The van der Waals surface area contributed by atoms with Crippen LogP contribution in [0.2, 0.25) is 5.02 Å². The molecule has 5 heteroatoms. The van der Waals surface area contributed by atoms with Gasteiger partial charge in [0.15, 0.2) is 0 Å². The third kappa shape index (κ3) is 4.50. The molecular weight excluding hydrogens is 337 g/mol. The molecule has 0 radical (unpaired) electrons. The lowest BCUT2D eigenvalue weighted by Crippen LogP contribution is -2.43. The lowest BCUT2D eigenvalue weighted by atomic mass is 9.99. The van der Waals surface area contributed by atoms with Crippen LogP contribution >= 0.6 is 11.6 Å². The highest BCUT2D eigenvalue weighted by atomic mass is 35.5. The van der Waals surface area contributed by atoms with Gasteiger partial charge in [-0.3, -0.25) is 0 Å². The second-order valence-electron chi connectivity index (χ2n) is 6.25. The zero-order chi connectivity index (χ0) is 17.6. The highest BCUT2D eigenvalue weighted by molar-refractivity contribution is 6.30. The Kier molecular flexibility index (Phi) is 5.91. The normalized spacial score (nSPS) is 15.6. The summed E-state index contributed by atoms with van der Waals surface area (Å²) in [7, 11) is 0. The summed E-state index contributed by atoms with van der Waals surface area (Å²) in [5.74, 6) is 0. The van der Waals surface area contributed by atoms with Gasteiger partial charge in [0.1, 0.15) is 6.17 Å². The standard InChI is InChI=1S/C20H21ClFN3/c21-18-6-4-15(17(12-18)14-23)5-7-20(22)16-2-1-3-19(13-16)25-10-8-24-9-11-25/h1-4,6,12-13,20,24H,5,7-11H2. The smallest absolute Gasteiger partial charge is 0.126 e. The average Bonchev–Trinajstić information content (AvgIpc) is 2.67. The first kappa shape index (κ1) is 17.7. The van der Waals surface area contributed by atoms with Crippen molar-refractivity contribution >= 4 is 17.3 Å². The fraction of sp³-hybridized carbons (Fsp3) is 0.350. The Morgan fingerprint density at radius 3 is 2.76 bits per heavy atom. The summed E-state index contributed by atoms with van der Waals surface area (Å²) < 4.78 is 14.7. The van der Waals surface area contributed by atoms with Crippen molar-refractivity contribution < 1.29 is 4.39 Å². The Morgan fingerprint density at radius 1 is 1.20 bits per heavy atom. The Balaban J connectivity index is 1.67. The first-order chi connectivity index (χ1) is 12.2. The maximum atomic E-state index is 14.7. The minimum Gasteiger partial charge on any atom is -0.369 e. The third-order valence-corrected chi connectivity index (χ3v) is 4.81. The molecule has 1 aliphatic heterocycles. The van der Waals surface area contributed by atoms with E-state index >= 15 is 0 Å². The van der Waals surface area contributed by atoms with Gasteiger partial charge >= 0.3 is 0 Å². The van der Waals surface area contributed by atoms with E-state index in [-0.39, 0.29) is 0 Å². The zero-order valence-corrected chi connectivity index (χ0v) is 14.8. The summed E-state index contributed by atoms with van der Waals surface area (Å²) in [4.78, 5) is 2.28. The maximum Gasteiger partial charge on any atom is 0.126 e. The van der Waals surface area contributed by atoms with E-state index in [0.29, 0.717) is 29.0 Å². The maximum absolute atomic E-state index is 14.7. The van der Waals surface area contributed by atoms with Crippen LogP contribution in [0.15, 0.2) is 42.5 Å². The van der Waals surface area contributed by atoms with Gasteiger partial charge in [0, 0.05) is 36.9 Å². The summed E-state index contributed by atoms with van der Waals surface area (Å²) in [6, 6.07) is 15.1. The largest absolute Gasteiger partial charge is 0.369 e. The summed E-state index contributed by atoms with van der Waals surface area (Å²) in [5, 5.41) is 13.0. The zero-order valence-electron chi connectivity index (χ0n) is 14.0. The Bertz CT molecular complexity index is 766. The molecule has 1 N–H and O–H groups in total. The van der Waals surface area contributed by atoms with Crippen LogP contribution in [0, 0.1) is 11.3 Å². The van der Waals surface area contributed by atoms with Gasteiger partial charge in [-0.2, -0.15) is 5.26 Å². The molecule has 130 valence electrons. The molecule has 0 aliphatic carbocycles. The summed E-state index contributed by atoms with van der Waals surface area (Å²) in [6.45, 7) is 3.79. The van der Waals surface area contributed by atoms with Gasteiger partial charge in [-0.25, -0.2) is 4.39 Å². The number of aryl methyl sites for hydroxylation is 1. The Hall–Kier alpha value is -2.09. The van der Waals surface area contributed by atoms with E-state index in [4.69, 9.17) is 11.6 Å². The average molecular weight is 358 g/mol. The summed E-state index contributed by atoms with van der Waals surface area (Å²) in [6.07, 6.45) is -0.189. The van der Waals surface area contributed by atoms with Crippen molar-refractivity contribution in [3.05, 3.63) is 64.2 Å². The molecule has 3 rings (SSSR count). The number of rotatable bonds is 5. The monoisotopic (exact) mass is 357 g/mol. The molecule has 3 nitrogen and oxygen atoms in total. The summed E-state index contributed by atoms with van der Waals surface area (Å²) >= 11 is 5.91. The molecule has 25 heavy (non-hydrogen) atoms. The van der Waals surface area contributed by atoms with Gasteiger partial charge in [-0.05, 0) is 48.2 Å². The molecule has 0 amide bonds.